The van der Waals surface area contributed by atoms with Crippen molar-refractivity contribution < 1.29 is 0 Å². The highest BCUT2D eigenvalue weighted by Crippen LogP contribution is 2.27. The predicted octanol–water partition coefficient (Wildman–Crippen LogP) is 2.96. The van der Waals surface area contributed by atoms with E-state index in [1.807, 2.05) is 11.7 Å². The van der Waals surface area contributed by atoms with Gasteiger partial charge in [0, 0.05) is 30.8 Å². The van der Waals surface area contributed by atoms with E-state index in [4.69, 9.17) is 0 Å². The van der Waals surface area contributed by atoms with E-state index in [2.05, 4.69) is 47.4 Å². The second kappa shape index (κ2) is 4.68. The van der Waals surface area contributed by atoms with Gasteiger partial charge in [0.25, 0.3) is 0 Å². The van der Waals surface area contributed by atoms with E-state index < -0.39 is 0 Å². The van der Waals surface area contributed by atoms with Crippen LogP contribution in [0.2, 0.25) is 0 Å². The molecule has 0 radical (unpaired) electrons. The molecule has 4 heteroatoms. The van der Waals surface area contributed by atoms with Crippen molar-refractivity contribution in [3.8, 4) is 11.4 Å². The van der Waals surface area contributed by atoms with Crippen LogP contribution in [0.3, 0.4) is 0 Å². The number of nitrogens with one attached hydrogen (secondary N) is 1. The molecule has 2 aromatic rings. The van der Waals surface area contributed by atoms with Crippen LogP contribution >= 0.6 is 0 Å². The molecule has 0 saturated carbocycles. The van der Waals surface area contributed by atoms with Gasteiger partial charge in [-0.25, -0.2) is 4.98 Å². The Morgan fingerprint density at radius 1 is 1.32 bits per heavy atom. The van der Waals surface area contributed by atoms with Crippen LogP contribution in [0.1, 0.15) is 37.6 Å². The van der Waals surface area contributed by atoms with Crippen LogP contribution in [-0.2, 0) is 13.5 Å². The van der Waals surface area contributed by atoms with Crippen LogP contribution in [0, 0.1) is 0 Å². The Morgan fingerprint density at radius 2 is 2.16 bits per heavy atom. The molecule has 100 valence electrons. The molecule has 3 rings (SSSR count). The molecule has 1 aromatic heterocycles. The topological polar surface area (TPSA) is 42.7 Å². The molecule has 0 fully saturated rings. The number of aromatic nitrogens is 3. The van der Waals surface area contributed by atoms with Gasteiger partial charge in [0.15, 0.2) is 5.82 Å². The summed E-state index contributed by atoms with van der Waals surface area (Å²) in [5.74, 6) is 2.26. The molecule has 1 aliphatic rings. The molecule has 1 aromatic carbocycles. The van der Waals surface area contributed by atoms with Gasteiger partial charge in [0.05, 0.1) is 0 Å². The van der Waals surface area contributed by atoms with E-state index in [-0.39, 0.29) is 0 Å². The average Bonchev–Trinajstić information content (AvgIpc) is 2.80. The lowest BCUT2D eigenvalue weighted by molar-refractivity contribution is 0.655. The van der Waals surface area contributed by atoms with Crippen molar-refractivity contribution in [3.05, 3.63) is 29.6 Å². The Morgan fingerprint density at radius 3 is 2.89 bits per heavy atom. The van der Waals surface area contributed by atoms with Crippen LogP contribution < -0.4 is 5.32 Å². The maximum Gasteiger partial charge on any atom is 0.181 e. The lowest BCUT2D eigenvalue weighted by Crippen LogP contribution is -2.11. The van der Waals surface area contributed by atoms with Crippen LogP contribution in [-0.4, -0.2) is 21.3 Å². The van der Waals surface area contributed by atoms with Crippen molar-refractivity contribution in [1.29, 1.82) is 0 Å². The van der Waals surface area contributed by atoms with Crippen molar-refractivity contribution in [1.82, 2.24) is 14.8 Å². The Bertz CT molecular complexity index is 598. The molecule has 0 saturated heterocycles. The minimum Gasteiger partial charge on any atom is -0.385 e. The third-order valence-electron chi connectivity index (χ3n) is 3.61. The molecule has 4 nitrogen and oxygen atoms in total. The fourth-order valence-electron chi connectivity index (χ4n) is 2.64. The second-order valence-electron chi connectivity index (χ2n) is 5.47. The Hall–Kier alpha value is -1.84. The van der Waals surface area contributed by atoms with Gasteiger partial charge in [0.2, 0.25) is 0 Å². The van der Waals surface area contributed by atoms with Crippen molar-refractivity contribution in [2.24, 2.45) is 7.05 Å². The summed E-state index contributed by atoms with van der Waals surface area (Å²) >= 11 is 0. The largest absolute Gasteiger partial charge is 0.385 e. The van der Waals surface area contributed by atoms with Crippen molar-refractivity contribution in [2.45, 2.75) is 32.6 Å². The summed E-state index contributed by atoms with van der Waals surface area (Å²) in [6, 6.07) is 6.48. The molecule has 0 unspecified atom stereocenters. The number of anilines is 1. The molecule has 0 bridgehead atoms. The first-order valence-corrected chi connectivity index (χ1v) is 6.93. The van der Waals surface area contributed by atoms with E-state index in [1.54, 1.807) is 0 Å². The second-order valence-corrected chi connectivity index (χ2v) is 5.47. The molecule has 0 atom stereocenters. The highest BCUT2D eigenvalue weighted by Gasteiger charge is 2.14. The zero-order valence-corrected chi connectivity index (χ0v) is 11.8. The molecular formula is C15H20N4. The van der Waals surface area contributed by atoms with Crippen LogP contribution in [0.4, 0.5) is 5.69 Å². The molecule has 1 N–H and O–H groups in total. The number of hydrogen-bond donors (Lipinski definition) is 1. The summed E-state index contributed by atoms with van der Waals surface area (Å²) in [5, 5.41) is 7.97. The van der Waals surface area contributed by atoms with Gasteiger partial charge >= 0.3 is 0 Å². The van der Waals surface area contributed by atoms with Gasteiger partial charge in [-0.15, -0.1) is 0 Å². The molecular weight excluding hydrogens is 236 g/mol. The van der Waals surface area contributed by atoms with Gasteiger partial charge < -0.3 is 5.32 Å². The average molecular weight is 256 g/mol. The highest BCUT2D eigenvalue weighted by molar-refractivity contribution is 5.64. The zero-order chi connectivity index (χ0) is 13.4. The third-order valence-corrected chi connectivity index (χ3v) is 3.61. The molecule has 0 spiro atoms. The lowest BCUT2D eigenvalue weighted by atomic mass is 10.0. The van der Waals surface area contributed by atoms with E-state index in [0.29, 0.717) is 5.92 Å². The predicted molar refractivity (Wildman–Crippen MR) is 77.3 cm³/mol. The van der Waals surface area contributed by atoms with Crippen molar-refractivity contribution in [3.63, 3.8) is 0 Å². The normalized spacial score (nSPS) is 14.3. The Labute approximate surface area is 113 Å². The smallest absolute Gasteiger partial charge is 0.181 e. The fourth-order valence-corrected chi connectivity index (χ4v) is 2.64. The number of fused-ring (bicyclic) bond motifs is 1. The number of nitrogens with zero attached hydrogens (tertiary/aromatic N) is 3. The number of hydrogen-bond acceptors (Lipinski definition) is 3. The first kappa shape index (κ1) is 12.2. The number of aryl methyl sites for hydroxylation is 2. The maximum absolute atomic E-state index is 4.66. The summed E-state index contributed by atoms with van der Waals surface area (Å²) < 4.78 is 1.89. The molecule has 0 aliphatic carbocycles. The van der Waals surface area contributed by atoms with Crippen molar-refractivity contribution in [2.75, 3.05) is 11.9 Å². The standard InChI is InChI=1S/C15H20N4/c1-10(2)15-17-14(18-19(15)3)12-6-7-13-11(9-12)5-4-8-16-13/h6-7,9-10,16H,4-5,8H2,1-3H3. The summed E-state index contributed by atoms with van der Waals surface area (Å²) in [5.41, 5.74) is 3.75. The van der Waals surface area contributed by atoms with Gasteiger partial charge in [-0.1, -0.05) is 13.8 Å². The maximum atomic E-state index is 4.66. The first-order chi connectivity index (χ1) is 9.15. The fraction of sp³-hybridized carbons (Fsp3) is 0.467. The monoisotopic (exact) mass is 256 g/mol. The van der Waals surface area contributed by atoms with Gasteiger partial charge in [-0.3, -0.25) is 4.68 Å². The number of benzene rings is 1. The Balaban J connectivity index is 2.00. The van der Waals surface area contributed by atoms with E-state index in [0.717, 1.165) is 30.2 Å². The van der Waals surface area contributed by atoms with Crippen molar-refractivity contribution >= 4 is 5.69 Å². The molecule has 1 aliphatic heterocycles. The highest BCUT2D eigenvalue weighted by atomic mass is 15.3. The quantitative estimate of drug-likeness (QED) is 0.898. The third kappa shape index (κ3) is 2.23. The van der Waals surface area contributed by atoms with Gasteiger partial charge in [-0.2, -0.15) is 5.10 Å². The van der Waals surface area contributed by atoms with E-state index in [1.165, 1.54) is 17.7 Å². The van der Waals surface area contributed by atoms with Crippen LogP contribution in [0.15, 0.2) is 18.2 Å². The van der Waals surface area contributed by atoms with Crippen LogP contribution in [0.5, 0.6) is 0 Å². The minimum absolute atomic E-state index is 0.394. The SMILES string of the molecule is CC(C)c1nc(-c2ccc3c(c2)CCCN3)nn1C. The summed E-state index contributed by atoms with van der Waals surface area (Å²) in [7, 11) is 1.96. The van der Waals surface area contributed by atoms with Gasteiger partial charge in [0.1, 0.15) is 5.82 Å². The van der Waals surface area contributed by atoms with E-state index in [9.17, 15) is 0 Å². The lowest BCUT2D eigenvalue weighted by Gasteiger charge is -2.18. The first-order valence-electron chi connectivity index (χ1n) is 6.93. The minimum atomic E-state index is 0.394. The molecule has 2 heterocycles. The van der Waals surface area contributed by atoms with Crippen LogP contribution in [0.25, 0.3) is 11.4 Å². The Kier molecular flexibility index (Phi) is 3.01. The molecule has 0 amide bonds. The summed E-state index contributed by atoms with van der Waals surface area (Å²) in [6.45, 7) is 5.36. The van der Waals surface area contributed by atoms with Gasteiger partial charge in [-0.05, 0) is 36.6 Å². The summed E-state index contributed by atoms with van der Waals surface area (Å²) in [4.78, 5) is 4.66. The van der Waals surface area contributed by atoms with E-state index >= 15 is 0 Å². The number of rotatable bonds is 2. The zero-order valence-electron chi connectivity index (χ0n) is 11.8. The molecule has 19 heavy (non-hydrogen) atoms. The summed E-state index contributed by atoms with van der Waals surface area (Å²) in [6.07, 6.45) is 2.34.